The largest absolute Gasteiger partial charge is 0.519 e. The Labute approximate surface area is 101 Å². The van der Waals surface area contributed by atoms with Crippen LogP contribution in [0.25, 0.3) is 0 Å². The average Bonchev–Trinajstić information content (AvgIpc) is 2.57. The van der Waals surface area contributed by atoms with Crippen LogP contribution in [-0.2, 0) is 5.75 Å². The first-order valence-electron chi connectivity index (χ1n) is 4.63. The highest BCUT2D eigenvalue weighted by molar-refractivity contribution is 7.98. The molecule has 1 heterocycles. The molecule has 84 valence electrons. The van der Waals surface area contributed by atoms with Crippen LogP contribution >= 0.6 is 23.4 Å². The molecule has 2 aromatic rings. The summed E-state index contributed by atoms with van der Waals surface area (Å²) >= 11 is 7.33. The molecule has 0 bridgehead atoms. The Hall–Kier alpha value is -1.13. The van der Waals surface area contributed by atoms with Gasteiger partial charge in [-0.3, -0.25) is 0 Å². The van der Waals surface area contributed by atoms with Gasteiger partial charge in [-0.15, -0.1) is 11.8 Å². The van der Waals surface area contributed by atoms with Crippen molar-refractivity contribution in [1.82, 2.24) is 0 Å². The Bertz CT molecular complexity index is 527. The van der Waals surface area contributed by atoms with Gasteiger partial charge >= 0.3 is 5.82 Å². The maximum Gasteiger partial charge on any atom is 0.519 e. The number of rotatable bonds is 3. The van der Waals surface area contributed by atoms with Crippen LogP contribution in [0.1, 0.15) is 11.5 Å². The zero-order valence-corrected chi connectivity index (χ0v) is 10.1. The minimum Gasteiger partial charge on any atom is -0.396 e. The molecule has 0 N–H and O–H groups in total. The van der Waals surface area contributed by atoms with Crippen molar-refractivity contribution in [3.8, 4) is 0 Å². The van der Waals surface area contributed by atoms with Crippen molar-refractivity contribution in [2.24, 2.45) is 0 Å². The molecule has 0 fully saturated rings. The first-order chi connectivity index (χ1) is 7.65. The summed E-state index contributed by atoms with van der Waals surface area (Å²) in [6, 6.07) is 7.48. The highest BCUT2D eigenvalue weighted by Gasteiger charge is 2.08. The minimum absolute atomic E-state index is 0.534. The topological polar surface area (TPSA) is 43.4 Å². The first-order valence-corrected chi connectivity index (χ1v) is 5.99. The monoisotopic (exact) mass is 256 g/mol. The van der Waals surface area contributed by atoms with Crippen LogP contribution in [0.3, 0.4) is 0 Å². The highest BCUT2D eigenvalue weighted by Crippen LogP contribution is 2.24. The summed E-state index contributed by atoms with van der Waals surface area (Å²) in [6.45, 7) is 1.71. The van der Waals surface area contributed by atoms with Gasteiger partial charge in [-0.1, -0.05) is 11.6 Å². The number of hydrogen-bond donors (Lipinski definition) is 0. The average molecular weight is 257 g/mol. The number of benzene rings is 1. The molecule has 0 aliphatic carbocycles. The molecule has 16 heavy (non-hydrogen) atoms. The van der Waals surface area contributed by atoms with Crippen molar-refractivity contribution in [1.29, 1.82) is 0 Å². The molecule has 5 heteroatoms. The number of hydrogen-bond acceptors (Lipinski definition) is 4. The molecule has 0 aliphatic heterocycles. The second kappa shape index (κ2) is 4.80. The van der Waals surface area contributed by atoms with Crippen LogP contribution in [0.5, 0.6) is 0 Å². The zero-order valence-electron chi connectivity index (χ0n) is 8.53. The normalized spacial score (nSPS) is 10.6. The maximum atomic E-state index is 10.8. The van der Waals surface area contributed by atoms with Crippen molar-refractivity contribution in [3.05, 3.63) is 51.4 Å². The van der Waals surface area contributed by atoms with E-state index in [-0.39, 0.29) is 0 Å². The van der Waals surface area contributed by atoms with E-state index in [1.54, 1.807) is 18.7 Å². The van der Waals surface area contributed by atoms with Gasteiger partial charge in [0.2, 0.25) is 0 Å². The van der Waals surface area contributed by atoms with Crippen LogP contribution in [0.4, 0.5) is 0 Å². The van der Waals surface area contributed by atoms with Crippen molar-refractivity contribution in [3.63, 3.8) is 0 Å². The van der Waals surface area contributed by atoms with E-state index in [4.69, 9.17) is 20.4 Å². The van der Waals surface area contributed by atoms with Crippen LogP contribution in [0, 0.1) is 6.92 Å². The summed E-state index contributed by atoms with van der Waals surface area (Å²) in [7, 11) is 0. The smallest absolute Gasteiger partial charge is 0.396 e. The molecule has 1 aromatic carbocycles. The molecule has 2 rings (SSSR count). The van der Waals surface area contributed by atoms with Gasteiger partial charge in [-0.25, -0.2) is 4.79 Å². The van der Waals surface area contributed by atoms with E-state index in [1.807, 2.05) is 24.3 Å². The quantitative estimate of drug-likeness (QED) is 0.789. The molecule has 0 atom stereocenters. The molecule has 3 nitrogen and oxygen atoms in total. The van der Waals surface area contributed by atoms with Gasteiger partial charge in [-0.05, 0) is 31.2 Å². The van der Waals surface area contributed by atoms with E-state index in [2.05, 4.69) is 0 Å². The summed E-state index contributed by atoms with van der Waals surface area (Å²) in [5, 5.41) is 0.704. The fraction of sp³-hybridized carbons (Fsp3) is 0.182. The van der Waals surface area contributed by atoms with Gasteiger partial charge in [0, 0.05) is 9.92 Å². The number of aryl methyl sites for hydroxylation is 1. The molecular weight excluding hydrogens is 248 g/mol. The lowest BCUT2D eigenvalue weighted by Gasteiger charge is -1.99. The van der Waals surface area contributed by atoms with Crippen molar-refractivity contribution in [2.75, 3.05) is 0 Å². The van der Waals surface area contributed by atoms with Gasteiger partial charge in [0.25, 0.3) is 0 Å². The predicted molar refractivity (Wildman–Crippen MR) is 63.0 cm³/mol. The standard InChI is InChI=1S/C11H9ClO3S/c1-7-10(15-11(13)14-7)6-16-9-4-2-8(12)3-5-9/h2-5H,6H2,1H3. The Morgan fingerprint density at radius 2 is 1.94 bits per heavy atom. The van der Waals surface area contributed by atoms with Gasteiger partial charge in [0.1, 0.15) is 5.76 Å². The zero-order chi connectivity index (χ0) is 11.5. The molecular formula is C11H9ClO3S. The van der Waals surface area contributed by atoms with Gasteiger partial charge in [0.05, 0.1) is 5.75 Å². The Morgan fingerprint density at radius 3 is 2.50 bits per heavy atom. The molecule has 0 saturated heterocycles. The van der Waals surface area contributed by atoms with Crippen LogP contribution in [0.15, 0.2) is 42.8 Å². The van der Waals surface area contributed by atoms with Crippen LogP contribution in [-0.4, -0.2) is 0 Å². The first kappa shape index (κ1) is 11.4. The van der Waals surface area contributed by atoms with E-state index in [9.17, 15) is 4.79 Å². The van der Waals surface area contributed by atoms with E-state index in [0.717, 1.165) is 4.90 Å². The lowest BCUT2D eigenvalue weighted by molar-refractivity contribution is 0.372. The Balaban J connectivity index is 2.05. The molecule has 1 aromatic heterocycles. The lowest BCUT2D eigenvalue weighted by Crippen LogP contribution is -1.86. The predicted octanol–water partition coefficient (Wildman–Crippen LogP) is 3.49. The third-order valence-electron chi connectivity index (χ3n) is 2.02. The van der Waals surface area contributed by atoms with Crippen molar-refractivity contribution < 1.29 is 8.83 Å². The molecule has 0 saturated carbocycles. The molecule has 0 aliphatic rings. The number of thioether (sulfide) groups is 1. The fourth-order valence-electron chi connectivity index (χ4n) is 1.19. The SMILES string of the molecule is Cc1oc(=O)oc1CSc1ccc(Cl)cc1. The van der Waals surface area contributed by atoms with Crippen molar-refractivity contribution >= 4 is 23.4 Å². The summed E-state index contributed by atoms with van der Waals surface area (Å²) in [5.74, 6) is 1.03. The van der Waals surface area contributed by atoms with Gasteiger partial charge in [-0.2, -0.15) is 0 Å². The number of halogens is 1. The molecule has 0 unspecified atom stereocenters. The fourth-order valence-corrected chi connectivity index (χ4v) is 2.20. The summed E-state index contributed by atoms with van der Waals surface area (Å²) in [6.07, 6.45) is 0. The van der Waals surface area contributed by atoms with Crippen LogP contribution < -0.4 is 5.82 Å². The third kappa shape index (κ3) is 2.71. The lowest BCUT2D eigenvalue weighted by atomic mass is 10.4. The van der Waals surface area contributed by atoms with E-state index >= 15 is 0 Å². The maximum absolute atomic E-state index is 10.8. The Morgan fingerprint density at radius 1 is 1.25 bits per heavy atom. The van der Waals surface area contributed by atoms with Crippen molar-refractivity contribution in [2.45, 2.75) is 17.6 Å². The minimum atomic E-state index is -0.649. The second-order valence-corrected chi connectivity index (χ2v) is 4.66. The van der Waals surface area contributed by atoms with E-state index < -0.39 is 5.82 Å². The highest BCUT2D eigenvalue weighted by atomic mass is 35.5. The molecule has 0 amide bonds. The van der Waals surface area contributed by atoms with E-state index in [1.165, 1.54) is 0 Å². The Kier molecular flexibility index (Phi) is 3.41. The van der Waals surface area contributed by atoms with Crippen LogP contribution in [0.2, 0.25) is 5.02 Å². The van der Waals surface area contributed by atoms with Gasteiger partial charge in [0.15, 0.2) is 5.76 Å². The summed E-state index contributed by atoms with van der Waals surface area (Å²) < 4.78 is 9.66. The molecule has 0 radical (unpaired) electrons. The summed E-state index contributed by atoms with van der Waals surface area (Å²) in [5.41, 5.74) is 0. The second-order valence-electron chi connectivity index (χ2n) is 3.18. The molecule has 0 spiro atoms. The summed E-state index contributed by atoms with van der Waals surface area (Å²) in [4.78, 5) is 11.9. The van der Waals surface area contributed by atoms with Gasteiger partial charge < -0.3 is 8.83 Å². The van der Waals surface area contributed by atoms with E-state index in [0.29, 0.717) is 22.3 Å². The third-order valence-corrected chi connectivity index (χ3v) is 3.28.